The molecule has 19 heavy (non-hydrogen) atoms. The van der Waals surface area contributed by atoms with Gasteiger partial charge in [-0.15, -0.1) is 0 Å². The van der Waals surface area contributed by atoms with Crippen molar-refractivity contribution in [2.24, 2.45) is 5.73 Å². The maximum absolute atomic E-state index is 12.1. The van der Waals surface area contributed by atoms with Crippen LogP contribution in [0, 0.1) is 6.92 Å². The van der Waals surface area contributed by atoms with Gasteiger partial charge in [0.25, 0.3) is 0 Å². The van der Waals surface area contributed by atoms with E-state index in [-0.39, 0.29) is 17.8 Å². The summed E-state index contributed by atoms with van der Waals surface area (Å²) < 4.78 is 3.38. The van der Waals surface area contributed by atoms with E-state index in [1.165, 1.54) is 5.56 Å². The molecule has 4 heteroatoms. The number of imidazole rings is 1. The summed E-state index contributed by atoms with van der Waals surface area (Å²) in [6.45, 7) is 6.53. The Morgan fingerprint density at radius 2 is 1.79 bits per heavy atom. The summed E-state index contributed by atoms with van der Waals surface area (Å²) in [5.74, 6) is 0. The Morgan fingerprint density at radius 1 is 1.16 bits per heavy atom. The van der Waals surface area contributed by atoms with Gasteiger partial charge in [0.15, 0.2) is 0 Å². The summed E-state index contributed by atoms with van der Waals surface area (Å²) in [6.07, 6.45) is 3.62. The molecule has 0 radical (unpaired) electrons. The normalized spacial score (nSPS) is 12.9. The second-order valence-electron chi connectivity index (χ2n) is 5.25. The highest BCUT2D eigenvalue weighted by Gasteiger charge is 2.11. The number of hydrogen-bond acceptors (Lipinski definition) is 2. The first-order valence-corrected chi connectivity index (χ1v) is 6.58. The van der Waals surface area contributed by atoms with Gasteiger partial charge in [-0.3, -0.25) is 9.13 Å². The summed E-state index contributed by atoms with van der Waals surface area (Å²) in [4.78, 5) is 12.1. The van der Waals surface area contributed by atoms with E-state index in [0.29, 0.717) is 6.54 Å². The molecule has 1 heterocycles. The van der Waals surface area contributed by atoms with Gasteiger partial charge in [0.1, 0.15) is 0 Å². The van der Waals surface area contributed by atoms with Crippen LogP contribution in [0.1, 0.15) is 37.1 Å². The van der Waals surface area contributed by atoms with E-state index in [4.69, 9.17) is 5.73 Å². The Kier molecular flexibility index (Phi) is 3.90. The quantitative estimate of drug-likeness (QED) is 0.915. The Hall–Kier alpha value is -1.81. The third-order valence-corrected chi connectivity index (χ3v) is 3.33. The minimum absolute atomic E-state index is 0.00226. The standard InChI is InChI=1S/C15H21N3O/c1-11(2)18-9-8-17(15(18)19)10-14(16)13-6-4-12(3)5-7-13/h4-9,11,14H,10,16H2,1-3H3. The fourth-order valence-electron chi connectivity index (χ4n) is 2.09. The molecule has 0 spiro atoms. The predicted octanol–water partition coefficient (Wildman–Crippen LogP) is 2.24. The zero-order valence-corrected chi connectivity index (χ0v) is 11.7. The second kappa shape index (κ2) is 5.45. The van der Waals surface area contributed by atoms with Gasteiger partial charge in [0.05, 0.1) is 0 Å². The molecule has 0 bridgehead atoms. The molecule has 1 unspecified atom stereocenters. The van der Waals surface area contributed by atoms with E-state index in [0.717, 1.165) is 5.56 Å². The molecule has 1 atom stereocenters. The molecule has 102 valence electrons. The van der Waals surface area contributed by atoms with Crippen molar-refractivity contribution in [3.05, 3.63) is 58.3 Å². The van der Waals surface area contributed by atoms with E-state index in [2.05, 4.69) is 0 Å². The van der Waals surface area contributed by atoms with Gasteiger partial charge in [-0.2, -0.15) is 0 Å². The highest BCUT2D eigenvalue weighted by Crippen LogP contribution is 2.13. The molecule has 0 aliphatic carbocycles. The van der Waals surface area contributed by atoms with Gasteiger partial charge in [0.2, 0.25) is 0 Å². The van der Waals surface area contributed by atoms with Crippen LogP contribution in [0.2, 0.25) is 0 Å². The number of benzene rings is 1. The molecule has 0 aliphatic heterocycles. The molecule has 1 aromatic heterocycles. The van der Waals surface area contributed by atoms with E-state index in [1.54, 1.807) is 15.3 Å². The zero-order valence-electron chi connectivity index (χ0n) is 11.7. The molecule has 0 saturated heterocycles. The molecule has 2 rings (SSSR count). The van der Waals surface area contributed by atoms with Crippen molar-refractivity contribution in [1.29, 1.82) is 0 Å². The molecular formula is C15H21N3O. The topological polar surface area (TPSA) is 52.9 Å². The number of rotatable bonds is 4. The van der Waals surface area contributed by atoms with Crippen molar-refractivity contribution in [3.63, 3.8) is 0 Å². The summed E-state index contributed by atoms with van der Waals surface area (Å²) in [6, 6.07) is 8.12. The third kappa shape index (κ3) is 2.96. The first kappa shape index (κ1) is 13.6. The Balaban J connectivity index is 2.17. The van der Waals surface area contributed by atoms with E-state index in [1.807, 2.05) is 51.2 Å². The van der Waals surface area contributed by atoms with Crippen LogP contribution in [0.3, 0.4) is 0 Å². The molecule has 0 aliphatic rings. The van der Waals surface area contributed by atoms with Gasteiger partial charge in [-0.05, 0) is 26.3 Å². The minimum Gasteiger partial charge on any atom is -0.322 e. The van der Waals surface area contributed by atoms with Crippen molar-refractivity contribution in [3.8, 4) is 0 Å². The SMILES string of the molecule is Cc1ccc(C(N)Cn2ccn(C(C)C)c2=O)cc1. The molecule has 0 saturated carbocycles. The Bertz CT molecular complexity index is 593. The van der Waals surface area contributed by atoms with Crippen LogP contribution in [-0.4, -0.2) is 9.13 Å². The summed E-state index contributed by atoms with van der Waals surface area (Å²) >= 11 is 0. The maximum Gasteiger partial charge on any atom is 0.328 e. The first-order valence-electron chi connectivity index (χ1n) is 6.58. The fourth-order valence-corrected chi connectivity index (χ4v) is 2.09. The molecule has 0 fully saturated rings. The summed E-state index contributed by atoms with van der Waals surface area (Å²) in [7, 11) is 0. The van der Waals surface area contributed by atoms with E-state index < -0.39 is 0 Å². The number of aromatic nitrogens is 2. The zero-order chi connectivity index (χ0) is 14.0. The monoisotopic (exact) mass is 259 g/mol. The van der Waals surface area contributed by atoms with Gasteiger partial charge < -0.3 is 5.73 Å². The van der Waals surface area contributed by atoms with Gasteiger partial charge >= 0.3 is 5.69 Å². The molecular weight excluding hydrogens is 238 g/mol. The molecule has 4 nitrogen and oxygen atoms in total. The van der Waals surface area contributed by atoms with Crippen LogP contribution < -0.4 is 11.4 Å². The smallest absolute Gasteiger partial charge is 0.322 e. The average Bonchev–Trinajstić information content (AvgIpc) is 2.72. The van der Waals surface area contributed by atoms with Crippen LogP contribution in [0.4, 0.5) is 0 Å². The van der Waals surface area contributed by atoms with E-state index in [9.17, 15) is 4.79 Å². The van der Waals surface area contributed by atoms with Gasteiger partial charge in [-0.25, -0.2) is 4.79 Å². The Labute approximate surface area is 113 Å². The van der Waals surface area contributed by atoms with Crippen molar-refractivity contribution in [1.82, 2.24) is 9.13 Å². The molecule has 1 aromatic carbocycles. The van der Waals surface area contributed by atoms with Crippen LogP contribution in [0.15, 0.2) is 41.5 Å². The fraction of sp³-hybridized carbons (Fsp3) is 0.400. The lowest BCUT2D eigenvalue weighted by Crippen LogP contribution is -2.29. The van der Waals surface area contributed by atoms with Crippen molar-refractivity contribution >= 4 is 0 Å². The number of hydrogen-bond donors (Lipinski definition) is 1. The number of nitrogens with two attached hydrogens (primary N) is 1. The average molecular weight is 259 g/mol. The second-order valence-corrected chi connectivity index (χ2v) is 5.25. The number of aryl methyl sites for hydroxylation is 1. The lowest BCUT2D eigenvalue weighted by Gasteiger charge is -2.13. The van der Waals surface area contributed by atoms with Crippen LogP contribution in [-0.2, 0) is 6.54 Å². The highest BCUT2D eigenvalue weighted by atomic mass is 16.1. The number of nitrogens with zero attached hydrogens (tertiary/aromatic N) is 2. The van der Waals surface area contributed by atoms with Crippen molar-refractivity contribution in [2.75, 3.05) is 0 Å². The van der Waals surface area contributed by atoms with Crippen molar-refractivity contribution < 1.29 is 0 Å². The van der Waals surface area contributed by atoms with E-state index >= 15 is 0 Å². The van der Waals surface area contributed by atoms with Gasteiger partial charge in [-0.1, -0.05) is 29.8 Å². The Morgan fingerprint density at radius 3 is 2.32 bits per heavy atom. The largest absolute Gasteiger partial charge is 0.328 e. The lowest BCUT2D eigenvalue weighted by molar-refractivity contribution is 0.520. The highest BCUT2D eigenvalue weighted by molar-refractivity contribution is 5.23. The maximum atomic E-state index is 12.1. The van der Waals surface area contributed by atoms with Crippen LogP contribution in [0.25, 0.3) is 0 Å². The molecule has 2 N–H and O–H groups in total. The summed E-state index contributed by atoms with van der Waals surface area (Å²) in [5.41, 5.74) is 8.42. The molecule has 0 amide bonds. The summed E-state index contributed by atoms with van der Waals surface area (Å²) in [5, 5.41) is 0. The molecule has 2 aromatic rings. The van der Waals surface area contributed by atoms with Gasteiger partial charge in [0, 0.05) is 31.0 Å². The third-order valence-electron chi connectivity index (χ3n) is 3.33. The van der Waals surface area contributed by atoms with Crippen LogP contribution in [0.5, 0.6) is 0 Å². The predicted molar refractivity (Wildman–Crippen MR) is 77.2 cm³/mol. The first-order chi connectivity index (χ1) is 8.99. The van der Waals surface area contributed by atoms with Crippen LogP contribution >= 0.6 is 0 Å². The minimum atomic E-state index is -0.165. The van der Waals surface area contributed by atoms with Crippen molar-refractivity contribution in [2.45, 2.75) is 39.4 Å². The lowest BCUT2D eigenvalue weighted by atomic mass is 10.1.